The molecule has 11 heteroatoms. The molecule has 0 amide bonds. The summed E-state index contributed by atoms with van der Waals surface area (Å²) in [6, 6.07) is 4.54. The monoisotopic (exact) mass is 328 g/mol. The molecule has 0 unspecified atom stereocenters. The number of aromatic nitrogens is 1. The number of hydrogen-bond acceptors (Lipinski definition) is 8. The first-order chi connectivity index (χ1) is 9.95. The maximum absolute atomic E-state index is 12.3. The van der Waals surface area contributed by atoms with E-state index in [9.17, 15) is 18.5 Å². The maximum Gasteiger partial charge on any atom is 0.269 e. The minimum atomic E-state index is -3.81. The Morgan fingerprint density at radius 2 is 2.05 bits per heavy atom. The van der Waals surface area contributed by atoms with Gasteiger partial charge < -0.3 is 0 Å². The van der Waals surface area contributed by atoms with Crippen LogP contribution in [0.25, 0.3) is 0 Å². The van der Waals surface area contributed by atoms with Crippen LogP contribution in [0, 0.1) is 10.1 Å². The van der Waals surface area contributed by atoms with E-state index in [1.54, 1.807) is 5.48 Å². The van der Waals surface area contributed by atoms with Crippen molar-refractivity contribution >= 4 is 38.3 Å². The van der Waals surface area contributed by atoms with Crippen molar-refractivity contribution in [3.05, 3.63) is 40.6 Å². The van der Waals surface area contributed by atoms with Gasteiger partial charge in [-0.15, -0.1) is 0 Å². The number of rotatable bonds is 5. The zero-order valence-electron chi connectivity index (χ0n) is 10.2. The lowest BCUT2D eigenvalue weighted by atomic mass is 10.3. The van der Waals surface area contributed by atoms with Gasteiger partial charge in [-0.2, -0.15) is 0 Å². The lowest BCUT2D eigenvalue weighted by Crippen LogP contribution is -2.00. The fourth-order valence-electron chi connectivity index (χ4n) is 1.38. The normalized spacial score (nSPS) is 11.7. The molecule has 0 aliphatic rings. The number of aliphatic imine (C=N–C) groups is 1. The van der Waals surface area contributed by atoms with E-state index >= 15 is 0 Å². The summed E-state index contributed by atoms with van der Waals surface area (Å²) in [4.78, 5) is 17.3. The Labute approximate surface area is 122 Å². The number of nitrogens with one attached hydrogen (secondary N) is 1. The van der Waals surface area contributed by atoms with Gasteiger partial charge in [-0.3, -0.25) is 20.8 Å². The SMILES string of the molecule is O=[N+]([O-])c1ccc(S(=O)(=O)c2cnc(/N=C/NO)s2)cc1. The minimum absolute atomic E-state index is 0.0542. The van der Waals surface area contributed by atoms with Crippen molar-refractivity contribution in [1.82, 2.24) is 10.5 Å². The second-order valence-electron chi connectivity index (χ2n) is 3.60. The Morgan fingerprint density at radius 1 is 1.38 bits per heavy atom. The largest absolute Gasteiger partial charge is 0.290 e. The highest BCUT2D eigenvalue weighted by Gasteiger charge is 2.21. The molecule has 21 heavy (non-hydrogen) atoms. The first-order valence-electron chi connectivity index (χ1n) is 5.32. The smallest absolute Gasteiger partial charge is 0.269 e. The van der Waals surface area contributed by atoms with Gasteiger partial charge in [0.15, 0.2) is 0 Å². The highest BCUT2D eigenvalue weighted by atomic mass is 32.2. The van der Waals surface area contributed by atoms with Gasteiger partial charge in [0.2, 0.25) is 15.0 Å². The van der Waals surface area contributed by atoms with E-state index < -0.39 is 14.8 Å². The van der Waals surface area contributed by atoms with Gasteiger partial charge in [-0.1, -0.05) is 11.3 Å². The number of benzene rings is 1. The molecule has 0 aliphatic carbocycles. The predicted octanol–water partition coefficient (Wildman–Crippen LogP) is 1.52. The molecule has 0 saturated heterocycles. The highest BCUT2D eigenvalue weighted by Crippen LogP contribution is 2.30. The number of sulfone groups is 1. The molecule has 1 aromatic heterocycles. The molecule has 0 saturated carbocycles. The van der Waals surface area contributed by atoms with Crippen molar-refractivity contribution in [3.8, 4) is 0 Å². The van der Waals surface area contributed by atoms with Gasteiger partial charge in [0.05, 0.1) is 16.0 Å². The van der Waals surface area contributed by atoms with Crippen LogP contribution in [-0.2, 0) is 9.84 Å². The van der Waals surface area contributed by atoms with E-state index in [1.165, 1.54) is 0 Å². The van der Waals surface area contributed by atoms with Crippen molar-refractivity contribution in [2.24, 2.45) is 4.99 Å². The average molecular weight is 328 g/mol. The third-order valence-corrected chi connectivity index (χ3v) is 5.46. The Bertz CT molecular complexity index is 782. The van der Waals surface area contributed by atoms with Gasteiger partial charge in [0.25, 0.3) is 5.69 Å². The average Bonchev–Trinajstić information content (AvgIpc) is 2.94. The molecule has 0 radical (unpaired) electrons. The Kier molecular flexibility index (Phi) is 4.26. The predicted molar refractivity (Wildman–Crippen MR) is 73.7 cm³/mol. The molecule has 1 aromatic carbocycles. The number of non-ortho nitro benzene ring substituents is 1. The summed E-state index contributed by atoms with van der Waals surface area (Å²) >= 11 is 0.803. The van der Waals surface area contributed by atoms with E-state index in [0.717, 1.165) is 48.1 Å². The first-order valence-corrected chi connectivity index (χ1v) is 7.62. The fourth-order valence-corrected chi connectivity index (χ4v) is 3.75. The van der Waals surface area contributed by atoms with Gasteiger partial charge in [0, 0.05) is 12.1 Å². The quantitative estimate of drug-likeness (QED) is 0.367. The minimum Gasteiger partial charge on any atom is -0.290 e. The molecule has 2 aromatic rings. The molecule has 0 aliphatic heterocycles. The van der Waals surface area contributed by atoms with E-state index in [-0.39, 0.29) is 19.9 Å². The standard InChI is InChI=1S/C10H8N4O5S2/c15-13-6-12-10-11-5-9(20-10)21(18,19)8-3-1-7(2-4-8)14(16)17/h1-6,15H,(H,11,12,13). The van der Waals surface area contributed by atoms with Crippen molar-refractivity contribution < 1.29 is 18.5 Å². The number of nitro groups is 1. The fraction of sp³-hybridized carbons (Fsp3) is 0. The first kappa shape index (κ1) is 15.0. The van der Waals surface area contributed by atoms with Gasteiger partial charge in [-0.05, 0) is 12.1 Å². The molecule has 0 fully saturated rings. The van der Waals surface area contributed by atoms with Gasteiger partial charge in [-0.25, -0.2) is 18.4 Å². The van der Waals surface area contributed by atoms with Crippen LogP contribution in [0.1, 0.15) is 0 Å². The van der Waals surface area contributed by atoms with Crippen LogP contribution in [0.4, 0.5) is 10.8 Å². The summed E-state index contributed by atoms with van der Waals surface area (Å²) in [5.74, 6) is 0. The third-order valence-electron chi connectivity index (χ3n) is 2.33. The van der Waals surface area contributed by atoms with Gasteiger partial charge in [0.1, 0.15) is 10.5 Å². The number of nitro benzene ring substituents is 1. The summed E-state index contributed by atoms with van der Waals surface area (Å²) in [5, 5.41) is 19.0. The summed E-state index contributed by atoms with van der Waals surface area (Å²) in [6.07, 6.45) is 2.08. The van der Waals surface area contributed by atoms with Crippen molar-refractivity contribution in [3.63, 3.8) is 0 Å². The van der Waals surface area contributed by atoms with Crippen molar-refractivity contribution in [2.45, 2.75) is 9.10 Å². The Morgan fingerprint density at radius 3 is 2.62 bits per heavy atom. The Balaban J connectivity index is 2.35. The van der Waals surface area contributed by atoms with Crippen LogP contribution < -0.4 is 5.48 Å². The van der Waals surface area contributed by atoms with Crippen molar-refractivity contribution in [1.29, 1.82) is 0 Å². The van der Waals surface area contributed by atoms with E-state index in [1.807, 2.05) is 0 Å². The van der Waals surface area contributed by atoms with Crippen molar-refractivity contribution in [2.75, 3.05) is 0 Å². The number of hydrogen-bond donors (Lipinski definition) is 2. The molecular formula is C10H8N4O5S2. The topological polar surface area (TPSA) is 135 Å². The summed E-state index contributed by atoms with van der Waals surface area (Å²) in [5.41, 5.74) is 1.48. The second-order valence-corrected chi connectivity index (χ2v) is 6.79. The van der Waals surface area contributed by atoms with Gasteiger partial charge >= 0.3 is 0 Å². The molecule has 110 valence electrons. The lowest BCUT2D eigenvalue weighted by Gasteiger charge is -2.00. The molecule has 0 spiro atoms. The van der Waals surface area contributed by atoms with Crippen LogP contribution in [0.15, 0.2) is 44.6 Å². The van der Waals surface area contributed by atoms with E-state index in [0.29, 0.717) is 0 Å². The lowest BCUT2D eigenvalue weighted by molar-refractivity contribution is -0.384. The molecule has 9 nitrogen and oxygen atoms in total. The zero-order valence-corrected chi connectivity index (χ0v) is 11.8. The van der Waals surface area contributed by atoms with Crippen LogP contribution in [0.3, 0.4) is 0 Å². The summed E-state index contributed by atoms with van der Waals surface area (Å²) < 4.78 is 24.5. The number of hydroxylamine groups is 1. The summed E-state index contributed by atoms with van der Waals surface area (Å²) in [7, 11) is -3.81. The Hall–Kier alpha value is -2.37. The molecular weight excluding hydrogens is 320 g/mol. The van der Waals surface area contributed by atoms with E-state index in [4.69, 9.17) is 5.21 Å². The second kappa shape index (κ2) is 5.95. The molecule has 1 heterocycles. The van der Waals surface area contributed by atoms with Crippen LogP contribution in [-0.4, -0.2) is 29.9 Å². The number of nitrogens with zero attached hydrogens (tertiary/aromatic N) is 3. The number of thiazole rings is 1. The highest BCUT2D eigenvalue weighted by molar-refractivity contribution is 7.93. The zero-order chi connectivity index (χ0) is 15.5. The van der Waals surface area contributed by atoms with E-state index in [2.05, 4.69) is 9.98 Å². The molecule has 0 bridgehead atoms. The maximum atomic E-state index is 12.3. The van der Waals surface area contributed by atoms with Crippen LogP contribution >= 0.6 is 11.3 Å². The van der Waals surface area contributed by atoms with Crippen LogP contribution in [0.2, 0.25) is 0 Å². The van der Waals surface area contributed by atoms with Crippen LogP contribution in [0.5, 0.6) is 0 Å². The molecule has 2 N–H and O–H groups in total. The molecule has 2 rings (SSSR count). The third kappa shape index (κ3) is 3.21. The summed E-state index contributed by atoms with van der Waals surface area (Å²) in [6.45, 7) is 0. The molecule has 0 atom stereocenters.